The number of nitrogens with zero attached hydrogens (tertiary/aromatic N) is 2. The van der Waals surface area contributed by atoms with Crippen LogP contribution in [-0.2, 0) is 12.8 Å². The summed E-state index contributed by atoms with van der Waals surface area (Å²) in [5.74, 6) is 0. The van der Waals surface area contributed by atoms with Crippen LogP contribution < -0.4 is 0 Å². The maximum Gasteiger partial charge on any atom is 0.279 e. The van der Waals surface area contributed by atoms with Gasteiger partial charge >= 0.3 is 0 Å². The Balaban J connectivity index is 3.41. The van der Waals surface area contributed by atoms with E-state index in [1.165, 1.54) is 0 Å². The van der Waals surface area contributed by atoms with Gasteiger partial charge < -0.3 is 0 Å². The second-order valence-electron chi connectivity index (χ2n) is 3.73. The van der Waals surface area contributed by atoms with Gasteiger partial charge in [-0.2, -0.15) is 0 Å². The normalized spacial score (nSPS) is 10.2. The molecule has 0 saturated heterocycles. The van der Waals surface area contributed by atoms with Crippen LogP contribution in [0.1, 0.15) is 31.4 Å². The third-order valence-electron chi connectivity index (χ3n) is 2.57. The van der Waals surface area contributed by atoms with Crippen LogP contribution in [0.3, 0.4) is 0 Å². The first kappa shape index (κ1) is 13.1. The van der Waals surface area contributed by atoms with Gasteiger partial charge in [-0.05, 0) is 18.9 Å². The number of nitro benzene ring substituents is 2. The zero-order valence-corrected chi connectivity index (χ0v) is 9.80. The largest absolute Gasteiger partial charge is 0.279 e. The molecule has 0 atom stereocenters. The number of nitro groups is 2. The van der Waals surface area contributed by atoms with Crippen molar-refractivity contribution >= 4 is 11.4 Å². The summed E-state index contributed by atoms with van der Waals surface area (Å²) in [5, 5.41) is 21.7. The van der Waals surface area contributed by atoms with Crippen LogP contribution in [-0.4, -0.2) is 9.85 Å². The molecule has 0 aliphatic carbocycles. The lowest BCUT2D eigenvalue weighted by atomic mass is 10.0. The molecule has 0 radical (unpaired) electrons. The topological polar surface area (TPSA) is 86.3 Å². The second kappa shape index (κ2) is 5.38. The first-order valence-electron chi connectivity index (χ1n) is 5.45. The number of aryl methyl sites for hydroxylation is 2. The fourth-order valence-electron chi connectivity index (χ4n) is 1.77. The van der Waals surface area contributed by atoms with Crippen molar-refractivity contribution in [1.82, 2.24) is 0 Å². The molecule has 0 unspecified atom stereocenters. The van der Waals surface area contributed by atoms with E-state index in [0.29, 0.717) is 24.0 Å². The van der Waals surface area contributed by atoms with E-state index >= 15 is 0 Å². The van der Waals surface area contributed by atoms with Gasteiger partial charge in [0.15, 0.2) is 0 Å². The molecule has 1 rings (SSSR count). The Morgan fingerprint density at radius 2 is 1.53 bits per heavy atom. The summed E-state index contributed by atoms with van der Waals surface area (Å²) in [6.45, 7) is 3.71. The molecule has 6 heteroatoms. The third kappa shape index (κ3) is 2.77. The molecular weight excluding hydrogens is 224 g/mol. The molecule has 1 aromatic rings. The molecule has 0 amide bonds. The van der Waals surface area contributed by atoms with E-state index in [-0.39, 0.29) is 11.4 Å². The fourth-order valence-corrected chi connectivity index (χ4v) is 1.77. The van der Waals surface area contributed by atoms with Crippen LogP contribution in [0.2, 0.25) is 0 Å². The van der Waals surface area contributed by atoms with Crippen LogP contribution in [0.15, 0.2) is 12.1 Å². The standard InChI is InChI=1S/C11H14N2O4/c1-3-5-9-6-8(4-2)10(12(14)15)7-11(9)13(16)17/h6-7H,3-5H2,1-2H3. The van der Waals surface area contributed by atoms with E-state index in [0.717, 1.165) is 12.5 Å². The molecule has 0 aliphatic heterocycles. The zero-order valence-electron chi connectivity index (χ0n) is 9.80. The van der Waals surface area contributed by atoms with E-state index in [9.17, 15) is 20.2 Å². The Labute approximate surface area is 98.6 Å². The Kier molecular flexibility index (Phi) is 4.14. The van der Waals surface area contributed by atoms with Gasteiger partial charge in [-0.25, -0.2) is 0 Å². The number of hydrogen-bond donors (Lipinski definition) is 0. The predicted octanol–water partition coefficient (Wildman–Crippen LogP) is 3.02. The molecule has 0 bridgehead atoms. The van der Waals surface area contributed by atoms with Gasteiger partial charge in [0.2, 0.25) is 0 Å². The van der Waals surface area contributed by atoms with E-state index < -0.39 is 9.85 Å². The first-order chi connectivity index (χ1) is 8.01. The zero-order chi connectivity index (χ0) is 13.0. The molecule has 0 heterocycles. The fraction of sp³-hybridized carbons (Fsp3) is 0.455. The summed E-state index contributed by atoms with van der Waals surface area (Å²) in [6, 6.07) is 2.66. The summed E-state index contributed by atoms with van der Waals surface area (Å²) in [5.41, 5.74) is 0.791. The van der Waals surface area contributed by atoms with E-state index in [2.05, 4.69) is 0 Å². The SMILES string of the molecule is CCCc1cc(CC)c([N+](=O)[O-])cc1[N+](=O)[O-]. The summed E-state index contributed by atoms with van der Waals surface area (Å²) >= 11 is 0. The van der Waals surface area contributed by atoms with Gasteiger partial charge in [-0.15, -0.1) is 0 Å². The smallest absolute Gasteiger partial charge is 0.258 e. The first-order valence-corrected chi connectivity index (χ1v) is 5.45. The molecule has 17 heavy (non-hydrogen) atoms. The van der Waals surface area contributed by atoms with Gasteiger partial charge in [0, 0.05) is 11.1 Å². The molecule has 0 aliphatic rings. The molecular formula is C11H14N2O4. The van der Waals surface area contributed by atoms with Crippen molar-refractivity contribution in [2.75, 3.05) is 0 Å². The van der Waals surface area contributed by atoms with Gasteiger partial charge in [0.25, 0.3) is 11.4 Å². The summed E-state index contributed by atoms with van der Waals surface area (Å²) in [7, 11) is 0. The van der Waals surface area contributed by atoms with Crippen LogP contribution in [0.5, 0.6) is 0 Å². The van der Waals surface area contributed by atoms with Crippen molar-refractivity contribution < 1.29 is 9.85 Å². The summed E-state index contributed by atoms with van der Waals surface area (Å²) < 4.78 is 0. The van der Waals surface area contributed by atoms with Crippen molar-refractivity contribution in [2.24, 2.45) is 0 Å². The van der Waals surface area contributed by atoms with Gasteiger partial charge in [0.05, 0.1) is 15.9 Å². The summed E-state index contributed by atoms with van der Waals surface area (Å²) in [4.78, 5) is 20.5. The highest BCUT2D eigenvalue weighted by Gasteiger charge is 2.22. The monoisotopic (exact) mass is 238 g/mol. The molecule has 0 saturated carbocycles. The van der Waals surface area contributed by atoms with Gasteiger partial charge in [-0.1, -0.05) is 20.3 Å². The van der Waals surface area contributed by atoms with Crippen LogP contribution >= 0.6 is 0 Å². The van der Waals surface area contributed by atoms with Gasteiger partial charge in [0.1, 0.15) is 0 Å². The van der Waals surface area contributed by atoms with E-state index in [1.807, 2.05) is 6.92 Å². The van der Waals surface area contributed by atoms with Crippen molar-refractivity contribution in [2.45, 2.75) is 33.1 Å². The molecule has 92 valence electrons. The van der Waals surface area contributed by atoms with Crippen LogP contribution in [0.4, 0.5) is 11.4 Å². The Bertz CT molecular complexity index is 457. The Morgan fingerprint density at radius 3 is 1.94 bits per heavy atom. The van der Waals surface area contributed by atoms with Crippen molar-refractivity contribution in [3.8, 4) is 0 Å². The minimum atomic E-state index is -0.568. The lowest BCUT2D eigenvalue weighted by Crippen LogP contribution is -2.01. The minimum absolute atomic E-state index is 0.157. The maximum atomic E-state index is 10.9. The third-order valence-corrected chi connectivity index (χ3v) is 2.57. The Hall–Kier alpha value is -1.98. The van der Waals surface area contributed by atoms with Crippen molar-refractivity contribution in [3.63, 3.8) is 0 Å². The highest BCUT2D eigenvalue weighted by Crippen LogP contribution is 2.30. The van der Waals surface area contributed by atoms with Gasteiger partial charge in [-0.3, -0.25) is 20.2 Å². The summed E-state index contributed by atoms with van der Waals surface area (Å²) in [6.07, 6.45) is 1.81. The molecule has 0 aromatic heterocycles. The maximum absolute atomic E-state index is 10.9. The molecule has 0 N–H and O–H groups in total. The van der Waals surface area contributed by atoms with Crippen molar-refractivity contribution in [1.29, 1.82) is 0 Å². The average molecular weight is 238 g/mol. The molecule has 0 fully saturated rings. The quantitative estimate of drug-likeness (QED) is 0.582. The minimum Gasteiger partial charge on any atom is -0.258 e. The lowest BCUT2D eigenvalue weighted by molar-refractivity contribution is -0.395. The number of hydrogen-bond acceptors (Lipinski definition) is 4. The second-order valence-corrected chi connectivity index (χ2v) is 3.73. The average Bonchev–Trinajstić information content (AvgIpc) is 2.28. The lowest BCUT2D eigenvalue weighted by Gasteiger charge is -2.05. The highest BCUT2D eigenvalue weighted by molar-refractivity contribution is 5.54. The molecule has 0 spiro atoms. The highest BCUT2D eigenvalue weighted by atomic mass is 16.6. The van der Waals surface area contributed by atoms with E-state index in [4.69, 9.17) is 0 Å². The van der Waals surface area contributed by atoms with E-state index in [1.54, 1.807) is 13.0 Å². The molecule has 1 aromatic carbocycles. The predicted molar refractivity (Wildman–Crippen MR) is 63.1 cm³/mol. The number of rotatable bonds is 5. The van der Waals surface area contributed by atoms with Crippen LogP contribution in [0.25, 0.3) is 0 Å². The van der Waals surface area contributed by atoms with Crippen molar-refractivity contribution in [3.05, 3.63) is 43.5 Å². The molecule has 6 nitrogen and oxygen atoms in total. The Morgan fingerprint density at radius 1 is 1.00 bits per heavy atom. The number of benzene rings is 1. The van der Waals surface area contributed by atoms with Crippen LogP contribution in [0, 0.1) is 20.2 Å².